The molecule has 0 radical (unpaired) electrons. The Morgan fingerprint density at radius 2 is 1.85 bits per heavy atom. The number of aryl methyl sites for hydroxylation is 1. The fourth-order valence-corrected chi connectivity index (χ4v) is 6.45. The minimum atomic E-state index is -0.917. The molecule has 1 aliphatic heterocycles. The molecule has 0 aromatic carbocycles. The third kappa shape index (κ3) is 4.18. The SMILES string of the molecule is CCN(CCn1nc([C@H]2CCCN2C2CCCCC2)c2c3c(c(=O)[nH]c21)CCCC3)C(=O)O. The zero-order valence-electron chi connectivity index (χ0n) is 19.8. The van der Waals surface area contributed by atoms with Gasteiger partial charge < -0.3 is 15.0 Å². The molecule has 8 heteroatoms. The number of fused-ring (bicyclic) bond motifs is 3. The summed E-state index contributed by atoms with van der Waals surface area (Å²) in [5, 5.41) is 15.7. The maximum absolute atomic E-state index is 13.0. The Balaban J connectivity index is 1.58. The van der Waals surface area contributed by atoms with E-state index in [1.54, 1.807) is 0 Å². The average molecular weight is 456 g/mol. The first-order chi connectivity index (χ1) is 16.1. The van der Waals surface area contributed by atoms with Gasteiger partial charge in [0, 0.05) is 30.1 Å². The second-order valence-corrected chi connectivity index (χ2v) is 10.0. The van der Waals surface area contributed by atoms with Crippen LogP contribution in [0.1, 0.15) is 87.6 Å². The molecule has 2 aromatic rings. The van der Waals surface area contributed by atoms with Crippen molar-refractivity contribution < 1.29 is 9.90 Å². The summed E-state index contributed by atoms with van der Waals surface area (Å²) in [6.45, 7) is 4.21. The molecule has 1 atom stereocenters. The molecule has 0 spiro atoms. The van der Waals surface area contributed by atoms with Crippen molar-refractivity contribution in [2.45, 2.75) is 96.2 Å². The number of likely N-dealkylation sites (N-methyl/N-ethyl adjacent to an activating group) is 1. The number of H-pyrrole nitrogens is 1. The van der Waals surface area contributed by atoms with Gasteiger partial charge in [-0.2, -0.15) is 5.10 Å². The lowest BCUT2D eigenvalue weighted by atomic mass is 9.89. The molecular formula is C25H37N5O3. The number of hydrogen-bond acceptors (Lipinski definition) is 4. The van der Waals surface area contributed by atoms with E-state index < -0.39 is 6.09 Å². The number of aromatic amines is 1. The molecule has 1 saturated carbocycles. The van der Waals surface area contributed by atoms with Gasteiger partial charge in [0.2, 0.25) is 0 Å². The van der Waals surface area contributed by atoms with Crippen LogP contribution in [0.2, 0.25) is 0 Å². The van der Waals surface area contributed by atoms with E-state index in [1.807, 2.05) is 11.6 Å². The van der Waals surface area contributed by atoms with Crippen LogP contribution in [0.15, 0.2) is 4.79 Å². The monoisotopic (exact) mass is 455 g/mol. The molecule has 8 nitrogen and oxygen atoms in total. The molecule has 33 heavy (non-hydrogen) atoms. The summed E-state index contributed by atoms with van der Waals surface area (Å²) in [4.78, 5) is 31.7. The first-order valence-corrected chi connectivity index (χ1v) is 13.0. The number of pyridine rings is 1. The predicted molar refractivity (Wildman–Crippen MR) is 128 cm³/mol. The van der Waals surface area contributed by atoms with Crippen LogP contribution in [-0.2, 0) is 19.4 Å². The van der Waals surface area contributed by atoms with Crippen molar-refractivity contribution in [2.75, 3.05) is 19.6 Å². The highest BCUT2D eigenvalue weighted by Crippen LogP contribution is 2.41. The largest absolute Gasteiger partial charge is 0.465 e. The highest BCUT2D eigenvalue weighted by molar-refractivity contribution is 5.84. The van der Waals surface area contributed by atoms with Gasteiger partial charge in [-0.25, -0.2) is 9.48 Å². The first kappa shape index (κ1) is 22.4. The second-order valence-electron chi connectivity index (χ2n) is 10.0. The van der Waals surface area contributed by atoms with Gasteiger partial charge >= 0.3 is 6.09 Å². The van der Waals surface area contributed by atoms with E-state index in [4.69, 9.17) is 5.10 Å². The molecular weight excluding hydrogens is 418 g/mol. The van der Waals surface area contributed by atoms with E-state index >= 15 is 0 Å². The summed E-state index contributed by atoms with van der Waals surface area (Å²) in [6, 6.07) is 0.920. The molecule has 2 aliphatic carbocycles. The molecule has 2 N–H and O–H groups in total. The van der Waals surface area contributed by atoms with Crippen LogP contribution in [0, 0.1) is 0 Å². The molecule has 5 rings (SSSR count). The number of carbonyl (C=O) groups is 1. The summed E-state index contributed by atoms with van der Waals surface area (Å²) in [5.41, 5.74) is 4.04. The van der Waals surface area contributed by atoms with Crippen LogP contribution >= 0.6 is 0 Å². The Bertz CT molecular complexity index is 1070. The van der Waals surface area contributed by atoms with Gasteiger partial charge in [0.1, 0.15) is 5.65 Å². The summed E-state index contributed by atoms with van der Waals surface area (Å²) in [7, 11) is 0. The van der Waals surface area contributed by atoms with Crippen molar-refractivity contribution in [1.82, 2.24) is 24.6 Å². The molecule has 1 amide bonds. The summed E-state index contributed by atoms with van der Waals surface area (Å²) < 4.78 is 1.88. The maximum atomic E-state index is 13.0. The quantitative estimate of drug-likeness (QED) is 0.685. The standard InChI is InChI=1S/C25H37N5O3/c1-2-28(25(32)33)15-16-30-23-21(18-11-6-7-12-19(18)24(31)26-23)22(27-30)20-13-8-14-29(20)17-9-4-3-5-10-17/h17,20H,2-16H2,1H3,(H,26,31)(H,32,33)/t20-/m1/s1. The van der Waals surface area contributed by atoms with Gasteiger partial charge in [-0.15, -0.1) is 0 Å². The van der Waals surface area contributed by atoms with Gasteiger partial charge in [-0.05, 0) is 70.4 Å². The van der Waals surface area contributed by atoms with Gasteiger partial charge in [0.25, 0.3) is 5.56 Å². The summed E-state index contributed by atoms with van der Waals surface area (Å²) in [6.07, 6.45) is 11.8. The van der Waals surface area contributed by atoms with Crippen molar-refractivity contribution in [3.63, 3.8) is 0 Å². The van der Waals surface area contributed by atoms with Crippen LogP contribution in [-0.4, -0.2) is 61.4 Å². The maximum Gasteiger partial charge on any atom is 0.407 e. The molecule has 2 aromatic heterocycles. The number of amides is 1. The van der Waals surface area contributed by atoms with Crippen molar-refractivity contribution in [3.05, 3.63) is 27.2 Å². The van der Waals surface area contributed by atoms with Crippen LogP contribution in [0.4, 0.5) is 4.79 Å². The Labute approximate surface area is 194 Å². The zero-order valence-corrected chi connectivity index (χ0v) is 19.8. The minimum Gasteiger partial charge on any atom is -0.465 e. The molecule has 1 saturated heterocycles. The normalized spacial score (nSPS) is 22.0. The number of nitrogens with one attached hydrogen (secondary N) is 1. The van der Waals surface area contributed by atoms with Crippen LogP contribution < -0.4 is 5.56 Å². The molecule has 3 heterocycles. The average Bonchev–Trinajstić information content (AvgIpc) is 3.45. The van der Waals surface area contributed by atoms with Crippen molar-refractivity contribution >= 4 is 17.1 Å². The lowest BCUT2D eigenvalue weighted by Crippen LogP contribution is -2.36. The highest BCUT2D eigenvalue weighted by atomic mass is 16.4. The van der Waals surface area contributed by atoms with Gasteiger partial charge in [-0.1, -0.05) is 19.3 Å². The lowest BCUT2D eigenvalue weighted by molar-refractivity contribution is 0.139. The van der Waals surface area contributed by atoms with E-state index in [9.17, 15) is 14.7 Å². The van der Waals surface area contributed by atoms with E-state index in [0.29, 0.717) is 25.7 Å². The highest BCUT2D eigenvalue weighted by Gasteiger charge is 2.36. The molecule has 0 unspecified atom stereocenters. The topological polar surface area (TPSA) is 94.5 Å². The summed E-state index contributed by atoms with van der Waals surface area (Å²) >= 11 is 0. The van der Waals surface area contributed by atoms with Crippen LogP contribution in [0.5, 0.6) is 0 Å². The Morgan fingerprint density at radius 3 is 2.58 bits per heavy atom. The van der Waals surface area contributed by atoms with Crippen LogP contribution in [0.3, 0.4) is 0 Å². The van der Waals surface area contributed by atoms with Crippen molar-refractivity contribution in [1.29, 1.82) is 0 Å². The fourth-order valence-electron chi connectivity index (χ4n) is 6.45. The van der Waals surface area contributed by atoms with E-state index in [0.717, 1.165) is 60.9 Å². The number of likely N-dealkylation sites (tertiary alicyclic amines) is 1. The van der Waals surface area contributed by atoms with Crippen LogP contribution in [0.25, 0.3) is 11.0 Å². The predicted octanol–water partition coefficient (Wildman–Crippen LogP) is 4.07. The fraction of sp³-hybridized carbons (Fsp3) is 0.720. The smallest absolute Gasteiger partial charge is 0.407 e. The van der Waals surface area contributed by atoms with E-state index in [2.05, 4.69) is 9.88 Å². The Hall–Kier alpha value is -2.35. The Kier molecular flexibility index (Phi) is 6.45. The number of rotatable bonds is 6. The van der Waals surface area contributed by atoms with Gasteiger partial charge in [0.05, 0.1) is 18.3 Å². The molecule has 3 aliphatic rings. The molecule has 2 fully saturated rings. The molecule has 0 bridgehead atoms. The number of nitrogens with zero attached hydrogens (tertiary/aromatic N) is 4. The number of carboxylic acid groups (broad SMARTS) is 1. The second kappa shape index (κ2) is 9.49. The van der Waals surface area contributed by atoms with Crippen molar-refractivity contribution in [3.8, 4) is 0 Å². The van der Waals surface area contributed by atoms with Gasteiger partial charge in [0.15, 0.2) is 0 Å². The molecule has 180 valence electrons. The third-order valence-corrected chi connectivity index (χ3v) is 8.14. The Morgan fingerprint density at radius 1 is 1.09 bits per heavy atom. The third-order valence-electron chi connectivity index (χ3n) is 8.14. The first-order valence-electron chi connectivity index (χ1n) is 13.0. The summed E-state index contributed by atoms with van der Waals surface area (Å²) in [5.74, 6) is 0. The van der Waals surface area contributed by atoms with E-state index in [-0.39, 0.29) is 11.6 Å². The number of aromatic nitrogens is 3. The lowest BCUT2D eigenvalue weighted by Gasteiger charge is -2.35. The number of hydrogen-bond donors (Lipinski definition) is 2. The minimum absolute atomic E-state index is 0.00559. The zero-order chi connectivity index (χ0) is 22.9. The van der Waals surface area contributed by atoms with E-state index in [1.165, 1.54) is 49.0 Å². The van der Waals surface area contributed by atoms with Gasteiger partial charge in [-0.3, -0.25) is 9.69 Å². The van der Waals surface area contributed by atoms with Crippen molar-refractivity contribution in [2.24, 2.45) is 0 Å².